The summed E-state index contributed by atoms with van der Waals surface area (Å²) in [5, 5.41) is 3.51. The van der Waals surface area contributed by atoms with Gasteiger partial charge in [-0.25, -0.2) is 14.4 Å². The summed E-state index contributed by atoms with van der Waals surface area (Å²) < 4.78 is 57.3. The molecule has 48 heavy (non-hydrogen) atoms. The van der Waals surface area contributed by atoms with Crippen molar-refractivity contribution in [1.82, 2.24) is 14.9 Å². The van der Waals surface area contributed by atoms with Crippen LogP contribution in [0.5, 0.6) is 11.5 Å². The van der Waals surface area contributed by atoms with Crippen molar-refractivity contribution in [3.63, 3.8) is 0 Å². The first-order chi connectivity index (χ1) is 22.6. The van der Waals surface area contributed by atoms with E-state index in [0.29, 0.717) is 67.0 Å². The van der Waals surface area contributed by atoms with E-state index in [2.05, 4.69) is 21.9 Å². The van der Waals surface area contributed by atoms with Gasteiger partial charge >= 0.3 is 0 Å². The van der Waals surface area contributed by atoms with Gasteiger partial charge in [-0.15, -0.1) is 0 Å². The van der Waals surface area contributed by atoms with Crippen molar-refractivity contribution >= 4 is 67.4 Å². The zero-order valence-electron chi connectivity index (χ0n) is 26.8. The summed E-state index contributed by atoms with van der Waals surface area (Å²) in [7, 11) is -2.53. The molecule has 11 nitrogen and oxygen atoms in total. The number of halogens is 3. The van der Waals surface area contributed by atoms with Crippen LogP contribution >= 0.6 is 23.2 Å². The predicted octanol–water partition coefficient (Wildman–Crippen LogP) is 6.65. The van der Waals surface area contributed by atoms with Crippen LogP contribution < -0.4 is 14.8 Å². The number of nitrogens with zero attached hydrogens (tertiary/aromatic N) is 3. The Morgan fingerprint density at radius 3 is 2.48 bits per heavy atom. The van der Waals surface area contributed by atoms with Crippen LogP contribution in [-0.4, -0.2) is 71.6 Å². The van der Waals surface area contributed by atoms with E-state index in [9.17, 15) is 22.4 Å². The number of rotatable bonds is 8. The van der Waals surface area contributed by atoms with Gasteiger partial charge in [-0.05, 0) is 48.4 Å². The lowest BCUT2D eigenvalue weighted by Crippen LogP contribution is -2.42. The number of methoxy groups -OCH3 is 1. The highest BCUT2D eigenvalue weighted by molar-refractivity contribution is 7.85. The van der Waals surface area contributed by atoms with Crippen LogP contribution in [0, 0.1) is 22.6 Å². The Labute approximate surface area is 288 Å². The molecule has 1 aromatic heterocycles. The molecule has 3 fully saturated rings. The van der Waals surface area contributed by atoms with E-state index in [1.807, 2.05) is 13.8 Å². The average molecular weight is 724 g/mol. The molecule has 15 heteroatoms. The van der Waals surface area contributed by atoms with Crippen LogP contribution in [0.3, 0.4) is 0 Å². The molecule has 2 atom stereocenters. The van der Waals surface area contributed by atoms with Gasteiger partial charge in [0.1, 0.15) is 24.0 Å². The molecule has 2 saturated carbocycles. The van der Waals surface area contributed by atoms with Crippen LogP contribution in [0.1, 0.15) is 46.0 Å². The van der Waals surface area contributed by atoms with Crippen LogP contribution in [0.15, 0.2) is 43.2 Å². The average Bonchev–Trinajstić information content (AvgIpc) is 3.39. The minimum atomic E-state index is -4.08. The number of ketones is 1. The second-order valence-corrected chi connectivity index (χ2v) is 15.1. The van der Waals surface area contributed by atoms with Crippen LogP contribution in [0.2, 0.25) is 10.0 Å². The molecule has 0 unspecified atom stereocenters. The number of hydrogen-bond donors (Lipinski definition) is 2. The molecule has 6 rings (SSSR count). The third-order valence-electron chi connectivity index (χ3n) is 10.00. The first-order valence-electron chi connectivity index (χ1n) is 15.4. The van der Waals surface area contributed by atoms with Gasteiger partial charge < -0.3 is 19.7 Å². The Bertz CT molecular complexity index is 1870. The number of likely N-dealkylation sites (tertiary alicyclic amines) is 1. The molecule has 2 bridgehead atoms. The Kier molecular flexibility index (Phi) is 10.3. The monoisotopic (exact) mass is 722 g/mol. The molecule has 0 spiro atoms. The number of carbonyl (C=O) groups is 2. The molecule has 0 radical (unpaired) electrons. The lowest BCUT2D eigenvalue weighted by atomic mass is 9.70. The third-order valence-corrected chi connectivity index (χ3v) is 11.6. The summed E-state index contributed by atoms with van der Waals surface area (Å²) in [5.74, 6) is 0.524. The molecule has 2 aliphatic carbocycles. The molecule has 2 N–H and O–H groups in total. The summed E-state index contributed by atoms with van der Waals surface area (Å²) in [5.41, 5.74) is -0.406. The molecular formula is C33H37Cl2FN4O7S. The van der Waals surface area contributed by atoms with E-state index in [-0.39, 0.29) is 44.9 Å². The van der Waals surface area contributed by atoms with Crippen molar-refractivity contribution in [1.29, 1.82) is 0 Å². The van der Waals surface area contributed by atoms with Gasteiger partial charge in [0.15, 0.2) is 17.3 Å². The highest BCUT2D eigenvalue weighted by Gasteiger charge is 2.65. The fraction of sp³-hybridized carbons (Fsp3) is 0.455. The fourth-order valence-corrected chi connectivity index (χ4v) is 8.70. The molecule has 1 saturated heterocycles. The molecule has 258 valence electrons. The SMILES string of the molecule is C=CC(=O)N1CCC(Oc2cc3c(Nc4ccc(Cl)c(Cl)c4F)ncnc3cc2OC)CC1.CC1(C)[C@H]2CC[C@]1(CS(=O)(=O)O)C(=O)C2. The van der Waals surface area contributed by atoms with Crippen LogP contribution in [0.25, 0.3) is 10.9 Å². The molecule has 1 amide bonds. The van der Waals surface area contributed by atoms with E-state index < -0.39 is 27.1 Å². The number of nitrogens with one attached hydrogen (secondary N) is 1. The maximum atomic E-state index is 14.6. The second-order valence-electron chi connectivity index (χ2n) is 12.8. The second kappa shape index (κ2) is 13.8. The number of fused-ring (bicyclic) bond motifs is 3. The Morgan fingerprint density at radius 1 is 1.19 bits per heavy atom. The first-order valence-corrected chi connectivity index (χ1v) is 17.8. The van der Waals surface area contributed by atoms with E-state index in [1.165, 1.54) is 24.5 Å². The zero-order chi connectivity index (χ0) is 35.0. The molecule has 2 heterocycles. The zero-order valence-corrected chi connectivity index (χ0v) is 29.1. The predicted molar refractivity (Wildman–Crippen MR) is 181 cm³/mol. The normalized spacial score (nSPS) is 21.9. The van der Waals surface area contributed by atoms with Gasteiger partial charge in [-0.2, -0.15) is 8.42 Å². The lowest BCUT2D eigenvalue weighted by Gasteiger charge is -2.35. The van der Waals surface area contributed by atoms with Crippen molar-refractivity contribution < 1.29 is 36.4 Å². The summed E-state index contributed by atoms with van der Waals surface area (Å²) >= 11 is 11.8. The Hall–Kier alpha value is -3.52. The van der Waals surface area contributed by atoms with Gasteiger partial charge in [0.05, 0.1) is 39.5 Å². The highest BCUT2D eigenvalue weighted by Crippen LogP contribution is 2.64. The standard InChI is InChI=1S/C23H21Cl2FN4O3.C10H16O4S/c1-3-20(31)30-8-6-13(7-9-30)33-19-10-14-17(11-18(19)32-2)27-12-28-23(14)29-16-5-4-15(24)21(25)22(16)26;1-9(2)7-3-4-10(9,8(11)5-7)6-15(12,13)14/h3-5,10-13H,1,6-9H2,2H3,(H,27,28,29);7H,3-6H2,1-2H3,(H,12,13,14)/t;7-,10-/m.0/s1. The summed E-state index contributed by atoms with van der Waals surface area (Å²) in [6.07, 6.45) is 5.90. The van der Waals surface area contributed by atoms with Crippen LogP contribution in [-0.2, 0) is 19.7 Å². The third kappa shape index (κ3) is 6.96. The van der Waals surface area contributed by atoms with E-state index in [4.69, 9.17) is 37.2 Å². The molecule has 2 aromatic carbocycles. The molecule has 3 aromatic rings. The minimum absolute atomic E-state index is 0.0152. The summed E-state index contributed by atoms with van der Waals surface area (Å²) in [6, 6.07) is 6.47. The quantitative estimate of drug-likeness (QED) is 0.147. The topological polar surface area (TPSA) is 148 Å². The fourth-order valence-electron chi connectivity index (χ4n) is 7.09. The van der Waals surface area contributed by atoms with E-state index in [1.54, 1.807) is 24.1 Å². The summed E-state index contributed by atoms with van der Waals surface area (Å²) in [6.45, 7) is 8.59. The number of carbonyl (C=O) groups excluding carboxylic acids is 2. The van der Waals surface area contributed by atoms with E-state index in [0.717, 1.165) is 6.42 Å². The van der Waals surface area contributed by atoms with Gasteiger partial charge in [0, 0.05) is 43.8 Å². The van der Waals surface area contributed by atoms with Gasteiger partial charge in [0.25, 0.3) is 10.1 Å². The number of piperidine rings is 1. The van der Waals surface area contributed by atoms with Gasteiger partial charge in [0.2, 0.25) is 5.91 Å². The van der Waals surface area contributed by atoms with Crippen molar-refractivity contribution in [3.8, 4) is 11.5 Å². The molecule has 1 aliphatic heterocycles. The Balaban J connectivity index is 0.000000250. The largest absolute Gasteiger partial charge is 0.493 e. The number of Topliss-reactive ketones (excluding diaryl/α,β-unsaturated/α-hetero) is 1. The number of benzene rings is 2. The minimum Gasteiger partial charge on any atom is -0.493 e. The van der Waals surface area contributed by atoms with Crippen molar-refractivity contribution in [2.75, 3.05) is 31.3 Å². The molecular weight excluding hydrogens is 686 g/mol. The lowest BCUT2D eigenvalue weighted by molar-refractivity contribution is -0.128. The Morgan fingerprint density at radius 2 is 1.90 bits per heavy atom. The van der Waals surface area contributed by atoms with Crippen LogP contribution in [0.4, 0.5) is 15.9 Å². The van der Waals surface area contributed by atoms with Crippen molar-refractivity contribution in [2.24, 2.45) is 16.7 Å². The smallest absolute Gasteiger partial charge is 0.265 e. The van der Waals surface area contributed by atoms with Gasteiger partial charge in [-0.1, -0.05) is 43.6 Å². The molecule has 3 aliphatic rings. The number of ether oxygens (including phenoxy) is 2. The highest BCUT2D eigenvalue weighted by atomic mass is 35.5. The van der Waals surface area contributed by atoms with Crippen molar-refractivity contribution in [2.45, 2.75) is 52.1 Å². The summed E-state index contributed by atoms with van der Waals surface area (Å²) in [4.78, 5) is 34.0. The van der Waals surface area contributed by atoms with Gasteiger partial charge in [-0.3, -0.25) is 14.1 Å². The maximum Gasteiger partial charge on any atom is 0.265 e. The number of hydrogen-bond acceptors (Lipinski definition) is 9. The number of anilines is 2. The van der Waals surface area contributed by atoms with E-state index >= 15 is 0 Å². The first kappa shape index (κ1) is 35.8. The number of amides is 1. The maximum absolute atomic E-state index is 14.6. The van der Waals surface area contributed by atoms with Crippen molar-refractivity contribution in [3.05, 3.63) is 59.1 Å². The number of aromatic nitrogens is 2.